The molecule has 3 aromatic rings. The van der Waals surface area contributed by atoms with Crippen molar-refractivity contribution in [2.24, 2.45) is 0 Å². The third-order valence-electron chi connectivity index (χ3n) is 2.76. The molecule has 1 aromatic carbocycles. The molecule has 0 unspecified atom stereocenters. The average Bonchev–Trinajstić information content (AvgIpc) is 2.77. The van der Waals surface area contributed by atoms with Crippen molar-refractivity contribution in [1.82, 2.24) is 19.5 Å². The zero-order chi connectivity index (χ0) is 13.2. The second kappa shape index (κ2) is 4.38. The van der Waals surface area contributed by atoms with E-state index >= 15 is 0 Å². The average molecular weight is 251 g/mol. The van der Waals surface area contributed by atoms with Crippen LogP contribution in [-0.4, -0.2) is 19.5 Å². The van der Waals surface area contributed by atoms with Gasteiger partial charge in [0, 0.05) is 6.07 Å². The summed E-state index contributed by atoms with van der Waals surface area (Å²) in [5, 5.41) is 8.88. The first-order valence-corrected chi connectivity index (χ1v) is 5.68. The first-order chi connectivity index (χ1) is 9.29. The predicted octanol–water partition coefficient (Wildman–Crippen LogP) is 1.17. The second-order valence-corrected chi connectivity index (χ2v) is 3.96. The lowest BCUT2D eigenvalue weighted by atomic mass is 10.3. The topological polar surface area (TPSA) is 87.4 Å². The number of nitriles is 1. The van der Waals surface area contributed by atoms with Crippen LogP contribution < -0.4 is 5.56 Å². The zero-order valence-electron chi connectivity index (χ0n) is 9.87. The van der Waals surface area contributed by atoms with Crippen LogP contribution in [0, 0.1) is 11.3 Å². The Hall–Kier alpha value is -2.94. The predicted molar refractivity (Wildman–Crippen MR) is 68.8 cm³/mol. The van der Waals surface area contributed by atoms with E-state index in [0.29, 0.717) is 11.6 Å². The standard InChI is InChI=1S/C13H9N5O/c14-6-5-11-17-9-3-1-2-4-10(9)18(11)12-7-13(19)16-8-15-12/h1-4,7-8H,5H2,(H,15,16,19). The number of hydrogen-bond acceptors (Lipinski definition) is 4. The van der Waals surface area contributed by atoms with Crippen molar-refractivity contribution in [3.05, 3.63) is 52.8 Å². The van der Waals surface area contributed by atoms with Gasteiger partial charge >= 0.3 is 0 Å². The molecule has 6 heteroatoms. The van der Waals surface area contributed by atoms with E-state index in [1.54, 1.807) is 4.57 Å². The molecule has 0 aliphatic rings. The third kappa shape index (κ3) is 1.87. The number of H-pyrrole nitrogens is 1. The van der Waals surface area contributed by atoms with Gasteiger partial charge in [0.05, 0.1) is 29.9 Å². The first-order valence-electron chi connectivity index (χ1n) is 5.68. The number of imidazole rings is 1. The Morgan fingerprint density at radius 2 is 2.21 bits per heavy atom. The third-order valence-corrected chi connectivity index (χ3v) is 2.76. The number of hydrogen-bond donors (Lipinski definition) is 1. The molecule has 92 valence electrons. The molecule has 2 aromatic heterocycles. The molecule has 0 spiro atoms. The van der Waals surface area contributed by atoms with Gasteiger partial charge in [-0.25, -0.2) is 9.97 Å². The van der Waals surface area contributed by atoms with E-state index in [9.17, 15) is 4.79 Å². The highest BCUT2D eigenvalue weighted by molar-refractivity contribution is 5.77. The van der Waals surface area contributed by atoms with Gasteiger partial charge in [0.2, 0.25) is 0 Å². The molecule has 0 bridgehead atoms. The van der Waals surface area contributed by atoms with Gasteiger partial charge in [0.15, 0.2) is 0 Å². The van der Waals surface area contributed by atoms with Gasteiger partial charge in [-0.15, -0.1) is 0 Å². The molecule has 0 saturated heterocycles. The maximum absolute atomic E-state index is 11.4. The highest BCUT2D eigenvalue weighted by Crippen LogP contribution is 2.19. The molecule has 0 saturated carbocycles. The van der Waals surface area contributed by atoms with Crippen LogP contribution in [0.15, 0.2) is 41.5 Å². The molecule has 0 aliphatic heterocycles. The molecule has 3 rings (SSSR count). The van der Waals surface area contributed by atoms with Crippen LogP contribution in [0.1, 0.15) is 5.82 Å². The number of aromatic nitrogens is 4. The van der Waals surface area contributed by atoms with Crippen LogP contribution >= 0.6 is 0 Å². The highest BCUT2D eigenvalue weighted by atomic mass is 16.1. The van der Waals surface area contributed by atoms with Crippen LogP contribution in [0.25, 0.3) is 16.9 Å². The van der Waals surface area contributed by atoms with Gasteiger partial charge in [-0.3, -0.25) is 9.36 Å². The van der Waals surface area contributed by atoms with Crippen LogP contribution in [0.5, 0.6) is 0 Å². The van der Waals surface area contributed by atoms with Crippen molar-refractivity contribution >= 4 is 11.0 Å². The summed E-state index contributed by atoms with van der Waals surface area (Å²) < 4.78 is 1.73. The quantitative estimate of drug-likeness (QED) is 0.740. The summed E-state index contributed by atoms with van der Waals surface area (Å²) in [6.45, 7) is 0. The molecular formula is C13H9N5O. The van der Waals surface area contributed by atoms with Crippen LogP contribution in [-0.2, 0) is 6.42 Å². The summed E-state index contributed by atoms with van der Waals surface area (Å²) in [6.07, 6.45) is 1.49. The number of benzene rings is 1. The summed E-state index contributed by atoms with van der Waals surface area (Å²) in [4.78, 5) is 22.4. The van der Waals surface area contributed by atoms with Crippen LogP contribution in [0.3, 0.4) is 0 Å². The lowest BCUT2D eigenvalue weighted by Crippen LogP contribution is -2.10. The summed E-state index contributed by atoms with van der Waals surface area (Å²) in [5.41, 5.74) is 1.35. The Kier molecular flexibility index (Phi) is 2.58. The number of para-hydroxylation sites is 2. The molecule has 2 heterocycles. The number of aromatic amines is 1. The first kappa shape index (κ1) is 11.2. The lowest BCUT2D eigenvalue weighted by Gasteiger charge is -2.05. The molecule has 0 radical (unpaired) electrons. The van der Waals surface area contributed by atoms with Crippen molar-refractivity contribution < 1.29 is 0 Å². The van der Waals surface area contributed by atoms with Gasteiger partial charge < -0.3 is 4.98 Å². The summed E-state index contributed by atoms with van der Waals surface area (Å²) >= 11 is 0. The Balaban J connectivity index is 2.35. The molecule has 6 nitrogen and oxygen atoms in total. The number of rotatable bonds is 2. The van der Waals surface area contributed by atoms with E-state index in [-0.39, 0.29) is 12.0 Å². The van der Waals surface area contributed by atoms with E-state index in [1.165, 1.54) is 12.4 Å². The fraction of sp³-hybridized carbons (Fsp3) is 0.0769. The minimum absolute atomic E-state index is 0.156. The minimum Gasteiger partial charge on any atom is -0.313 e. The normalized spacial score (nSPS) is 10.5. The van der Waals surface area contributed by atoms with E-state index < -0.39 is 0 Å². The van der Waals surface area contributed by atoms with Gasteiger partial charge in [-0.1, -0.05) is 12.1 Å². The van der Waals surface area contributed by atoms with Crippen molar-refractivity contribution in [2.75, 3.05) is 0 Å². The molecule has 0 fully saturated rings. The van der Waals surface area contributed by atoms with Gasteiger partial charge in [-0.2, -0.15) is 5.26 Å². The van der Waals surface area contributed by atoms with Crippen molar-refractivity contribution in [3.8, 4) is 11.9 Å². The Morgan fingerprint density at radius 3 is 3.00 bits per heavy atom. The van der Waals surface area contributed by atoms with Crippen molar-refractivity contribution in [1.29, 1.82) is 5.26 Å². The van der Waals surface area contributed by atoms with Crippen LogP contribution in [0.4, 0.5) is 0 Å². The molecule has 1 N–H and O–H groups in total. The number of fused-ring (bicyclic) bond motifs is 1. The highest BCUT2D eigenvalue weighted by Gasteiger charge is 2.12. The molecular weight excluding hydrogens is 242 g/mol. The largest absolute Gasteiger partial charge is 0.313 e. The SMILES string of the molecule is N#CCc1nc2ccccc2n1-c1cc(=O)[nH]cn1. The fourth-order valence-corrected chi connectivity index (χ4v) is 2.00. The maximum atomic E-state index is 11.4. The lowest BCUT2D eigenvalue weighted by molar-refractivity contribution is 0.905. The van der Waals surface area contributed by atoms with Crippen molar-refractivity contribution in [3.63, 3.8) is 0 Å². The van der Waals surface area contributed by atoms with Gasteiger partial charge in [-0.05, 0) is 12.1 Å². The Bertz CT molecular complexity index is 840. The van der Waals surface area contributed by atoms with Gasteiger partial charge in [0.1, 0.15) is 11.6 Å². The maximum Gasteiger partial charge on any atom is 0.252 e. The van der Waals surface area contributed by atoms with Gasteiger partial charge in [0.25, 0.3) is 5.56 Å². The van der Waals surface area contributed by atoms with E-state index in [1.807, 2.05) is 24.3 Å². The number of nitrogens with one attached hydrogen (secondary N) is 1. The fourth-order valence-electron chi connectivity index (χ4n) is 2.00. The monoisotopic (exact) mass is 251 g/mol. The molecule has 0 amide bonds. The zero-order valence-corrected chi connectivity index (χ0v) is 9.87. The van der Waals surface area contributed by atoms with E-state index in [4.69, 9.17) is 5.26 Å². The second-order valence-electron chi connectivity index (χ2n) is 3.96. The molecule has 0 atom stereocenters. The Morgan fingerprint density at radius 1 is 1.37 bits per heavy atom. The number of nitrogens with zero attached hydrogens (tertiary/aromatic N) is 4. The van der Waals surface area contributed by atoms with Crippen molar-refractivity contribution in [2.45, 2.75) is 6.42 Å². The van der Waals surface area contributed by atoms with Crippen LogP contribution in [0.2, 0.25) is 0 Å². The van der Waals surface area contributed by atoms with E-state index in [2.05, 4.69) is 21.0 Å². The Labute approximate surface area is 108 Å². The van der Waals surface area contributed by atoms with E-state index in [0.717, 1.165) is 11.0 Å². The minimum atomic E-state index is -0.245. The summed E-state index contributed by atoms with van der Waals surface area (Å²) in [7, 11) is 0. The summed E-state index contributed by atoms with van der Waals surface area (Å²) in [6, 6.07) is 11.0. The smallest absolute Gasteiger partial charge is 0.252 e. The summed E-state index contributed by atoms with van der Waals surface area (Å²) in [5.74, 6) is 1.03. The molecule has 19 heavy (non-hydrogen) atoms. The molecule has 0 aliphatic carbocycles.